The highest BCUT2D eigenvalue weighted by molar-refractivity contribution is 7.72. The molecule has 0 aliphatic rings. The lowest BCUT2D eigenvalue weighted by Gasteiger charge is -1.84. The topological polar surface area (TPSA) is 78.9 Å². The van der Waals surface area contributed by atoms with E-state index in [0.717, 1.165) is 0 Å². The Morgan fingerprint density at radius 1 is 0.700 bits per heavy atom. The van der Waals surface area contributed by atoms with E-state index in [0.29, 0.717) is 14.3 Å². The molecule has 0 bridgehead atoms. The molecular formula is C3H5N3OS3. The molecule has 10 heavy (non-hydrogen) atoms. The summed E-state index contributed by atoms with van der Waals surface area (Å²) in [6.45, 7) is 0. The van der Waals surface area contributed by atoms with E-state index in [4.69, 9.17) is 36.7 Å². The molecule has 1 heterocycles. The van der Waals surface area contributed by atoms with E-state index in [2.05, 4.69) is 15.0 Å². The summed E-state index contributed by atoms with van der Waals surface area (Å²) in [6.07, 6.45) is 0. The number of H-pyrrole nitrogens is 3. The van der Waals surface area contributed by atoms with Crippen molar-refractivity contribution in [2.24, 2.45) is 0 Å². The van der Waals surface area contributed by atoms with E-state index in [1.165, 1.54) is 0 Å². The summed E-state index contributed by atoms with van der Waals surface area (Å²) in [5.41, 5.74) is 0. The van der Waals surface area contributed by atoms with Crippen molar-refractivity contribution in [1.29, 1.82) is 0 Å². The Morgan fingerprint density at radius 2 is 0.900 bits per heavy atom. The van der Waals surface area contributed by atoms with Crippen molar-refractivity contribution < 1.29 is 5.48 Å². The lowest BCUT2D eigenvalue weighted by atomic mass is 11.1. The van der Waals surface area contributed by atoms with Crippen LogP contribution in [-0.4, -0.2) is 20.4 Å². The molecule has 0 aliphatic heterocycles. The summed E-state index contributed by atoms with van der Waals surface area (Å²) in [7, 11) is 0. The number of hydrogen-bond acceptors (Lipinski definition) is 3. The van der Waals surface area contributed by atoms with Gasteiger partial charge in [0.05, 0.1) is 0 Å². The summed E-state index contributed by atoms with van der Waals surface area (Å²) in [4.78, 5) is 7.99. The number of aromatic amines is 3. The van der Waals surface area contributed by atoms with Gasteiger partial charge in [0.15, 0.2) is 14.3 Å². The SMILES string of the molecule is O.S=c1[nH]c(=S)[nH]c(=S)[nH]1. The minimum atomic E-state index is 0. The normalized spacial score (nSPS) is 8.40. The van der Waals surface area contributed by atoms with Gasteiger partial charge in [0, 0.05) is 0 Å². The van der Waals surface area contributed by atoms with Crippen LogP contribution in [0.25, 0.3) is 0 Å². The average molecular weight is 195 g/mol. The highest BCUT2D eigenvalue weighted by atomic mass is 32.1. The molecule has 0 saturated carbocycles. The van der Waals surface area contributed by atoms with E-state index >= 15 is 0 Å². The Balaban J connectivity index is 0.000000810. The van der Waals surface area contributed by atoms with Crippen molar-refractivity contribution in [1.82, 2.24) is 15.0 Å². The second-order valence-electron chi connectivity index (χ2n) is 1.36. The first-order valence-electron chi connectivity index (χ1n) is 2.11. The zero-order valence-electron chi connectivity index (χ0n) is 4.72. The second kappa shape index (κ2) is 3.71. The highest BCUT2D eigenvalue weighted by Gasteiger charge is 1.76. The third-order valence-corrected chi connectivity index (χ3v) is 1.29. The molecule has 4 nitrogen and oxygen atoms in total. The summed E-state index contributed by atoms with van der Waals surface area (Å²) in [5, 5.41) is 0. The minimum absolute atomic E-state index is 0. The maximum Gasteiger partial charge on any atom is 0.178 e. The Labute approximate surface area is 71.6 Å². The summed E-state index contributed by atoms with van der Waals surface area (Å²) in [6, 6.07) is 0. The van der Waals surface area contributed by atoms with Crippen LogP contribution < -0.4 is 0 Å². The van der Waals surface area contributed by atoms with Crippen LogP contribution >= 0.6 is 36.7 Å². The number of aromatic nitrogens is 3. The molecule has 0 radical (unpaired) electrons. The van der Waals surface area contributed by atoms with Gasteiger partial charge in [0.1, 0.15) is 0 Å². The molecule has 5 N–H and O–H groups in total. The molecule has 1 aromatic rings. The fraction of sp³-hybridized carbons (Fsp3) is 0. The van der Waals surface area contributed by atoms with Gasteiger partial charge in [-0.1, -0.05) is 0 Å². The van der Waals surface area contributed by atoms with Crippen molar-refractivity contribution in [3.63, 3.8) is 0 Å². The van der Waals surface area contributed by atoms with Gasteiger partial charge >= 0.3 is 0 Å². The third-order valence-electron chi connectivity index (χ3n) is 0.681. The lowest BCUT2D eigenvalue weighted by molar-refractivity contribution is 0.824. The van der Waals surface area contributed by atoms with Gasteiger partial charge in [-0.3, -0.25) is 0 Å². The molecule has 1 rings (SSSR count). The first kappa shape index (κ1) is 9.63. The predicted octanol–water partition coefficient (Wildman–Crippen LogP) is 1.03. The highest BCUT2D eigenvalue weighted by Crippen LogP contribution is 1.79. The first-order chi connectivity index (χ1) is 4.18. The van der Waals surface area contributed by atoms with Crippen LogP contribution in [0.5, 0.6) is 0 Å². The fourth-order valence-electron chi connectivity index (χ4n) is 0.403. The summed E-state index contributed by atoms with van der Waals surface area (Å²) >= 11 is 14.2. The molecule has 1 aromatic heterocycles. The molecule has 7 heteroatoms. The van der Waals surface area contributed by atoms with Crippen molar-refractivity contribution in [3.05, 3.63) is 14.3 Å². The molecule has 0 fully saturated rings. The molecule has 0 spiro atoms. The number of rotatable bonds is 0. The largest absolute Gasteiger partial charge is 0.412 e. The van der Waals surface area contributed by atoms with Gasteiger partial charge in [0.2, 0.25) is 0 Å². The molecule has 0 atom stereocenters. The third kappa shape index (κ3) is 2.48. The lowest BCUT2D eigenvalue weighted by Crippen LogP contribution is -1.86. The Morgan fingerprint density at radius 3 is 1.10 bits per heavy atom. The molecule has 0 unspecified atom stereocenters. The van der Waals surface area contributed by atoms with Crippen molar-refractivity contribution in [3.8, 4) is 0 Å². The van der Waals surface area contributed by atoms with Crippen LogP contribution in [0, 0.1) is 14.3 Å². The Kier molecular flexibility index (Phi) is 3.58. The first-order valence-corrected chi connectivity index (χ1v) is 3.34. The van der Waals surface area contributed by atoms with Gasteiger partial charge < -0.3 is 20.4 Å². The fourth-order valence-corrected chi connectivity index (χ4v) is 1.21. The van der Waals surface area contributed by atoms with Crippen LogP contribution in [0.2, 0.25) is 0 Å². The maximum atomic E-state index is 4.72. The maximum absolute atomic E-state index is 4.72. The monoisotopic (exact) mass is 195 g/mol. The molecule has 0 saturated heterocycles. The van der Waals surface area contributed by atoms with Crippen LogP contribution in [0.3, 0.4) is 0 Å². The number of nitrogens with one attached hydrogen (secondary N) is 3. The zero-order chi connectivity index (χ0) is 6.85. The van der Waals surface area contributed by atoms with Crippen LogP contribution in [0.1, 0.15) is 0 Å². The van der Waals surface area contributed by atoms with Crippen LogP contribution in [-0.2, 0) is 0 Å². The Hall–Kier alpha value is -0.370. The molecule has 0 aliphatic carbocycles. The van der Waals surface area contributed by atoms with Crippen molar-refractivity contribution >= 4 is 36.7 Å². The van der Waals surface area contributed by atoms with E-state index in [1.807, 2.05) is 0 Å². The Bertz CT molecular complexity index is 281. The molecular weight excluding hydrogens is 190 g/mol. The summed E-state index contributed by atoms with van der Waals surface area (Å²) < 4.78 is 1.34. The standard InChI is InChI=1S/C3H3N3S3.H2O/c7-1-4-2(8)6-3(9)5-1;/h(H3,4,5,6,7,8,9);1H2. The van der Waals surface area contributed by atoms with Crippen LogP contribution in [0.15, 0.2) is 0 Å². The minimum Gasteiger partial charge on any atom is -0.412 e. The smallest absolute Gasteiger partial charge is 0.178 e. The van der Waals surface area contributed by atoms with E-state index in [-0.39, 0.29) is 5.48 Å². The van der Waals surface area contributed by atoms with Crippen LogP contribution in [0.4, 0.5) is 0 Å². The molecule has 56 valence electrons. The average Bonchev–Trinajstić information content (AvgIpc) is 1.59. The van der Waals surface area contributed by atoms with Gasteiger partial charge in [-0.2, -0.15) is 0 Å². The zero-order valence-corrected chi connectivity index (χ0v) is 7.17. The number of hydrogen-bond donors (Lipinski definition) is 3. The van der Waals surface area contributed by atoms with Gasteiger partial charge in [-0.05, 0) is 36.7 Å². The summed E-state index contributed by atoms with van der Waals surface area (Å²) in [5.74, 6) is 0. The van der Waals surface area contributed by atoms with Gasteiger partial charge in [-0.25, -0.2) is 0 Å². The van der Waals surface area contributed by atoms with Gasteiger partial charge in [0.25, 0.3) is 0 Å². The van der Waals surface area contributed by atoms with Crippen molar-refractivity contribution in [2.45, 2.75) is 0 Å². The van der Waals surface area contributed by atoms with Gasteiger partial charge in [-0.15, -0.1) is 0 Å². The second-order valence-corrected chi connectivity index (χ2v) is 2.59. The van der Waals surface area contributed by atoms with E-state index < -0.39 is 0 Å². The molecule has 0 amide bonds. The van der Waals surface area contributed by atoms with Crippen molar-refractivity contribution in [2.75, 3.05) is 0 Å². The predicted molar refractivity (Wildman–Crippen MR) is 45.6 cm³/mol. The van der Waals surface area contributed by atoms with E-state index in [1.54, 1.807) is 0 Å². The quantitative estimate of drug-likeness (QED) is 0.541. The molecule has 0 aromatic carbocycles. The van der Waals surface area contributed by atoms with E-state index in [9.17, 15) is 0 Å².